The molecule has 5 heteroatoms. The summed E-state index contributed by atoms with van der Waals surface area (Å²) in [4.78, 5) is 21.9. The van der Waals surface area contributed by atoms with E-state index in [0.29, 0.717) is 39.2 Å². The molecule has 0 radical (unpaired) electrons. The van der Waals surface area contributed by atoms with Gasteiger partial charge in [-0.2, -0.15) is 0 Å². The standard InChI is InChI=1S/C12H23NO4.H2/c1-3-5-12(15)13-6-7-16-8-9-17-10-11(14)4-2;/h3-10H2,1-2H3,(H,13,15);1H. The fraction of sp³-hybridized carbons (Fsp3) is 0.833. The molecule has 0 aromatic heterocycles. The quantitative estimate of drug-likeness (QED) is 0.556. The lowest BCUT2D eigenvalue weighted by molar-refractivity contribution is -0.124. The fourth-order valence-electron chi connectivity index (χ4n) is 1.09. The van der Waals surface area contributed by atoms with Crippen molar-refractivity contribution in [1.82, 2.24) is 5.32 Å². The lowest BCUT2D eigenvalue weighted by atomic mass is 10.3. The first-order valence-corrected chi connectivity index (χ1v) is 6.14. The van der Waals surface area contributed by atoms with Crippen LogP contribution in [0.4, 0.5) is 0 Å². The van der Waals surface area contributed by atoms with Gasteiger partial charge in [0.15, 0.2) is 5.78 Å². The van der Waals surface area contributed by atoms with Crippen molar-refractivity contribution in [1.29, 1.82) is 0 Å². The first-order chi connectivity index (χ1) is 8.20. The van der Waals surface area contributed by atoms with Crippen molar-refractivity contribution < 1.29 is 20.5 Å². The Bertz CT molecular complexity index is 224. The molecule has 0 heterocycles. The Morgan fingerprint density at radius 1 is 1.12 bits per heavy atom. The Labute approximate surface area is 104 Å². The third-order valence-corrected chi connectivity index (χ3v) is 2.08. The highest BCUT2D eigenvalue weighted by Crippen LogP contribution is 1.86. The van der Waals surface area contributed by atoms with Gasteiger partial charge in [0.25, 0.3) is 0 Å². The molecule has 17 heavy (non-hydrogen) atoms. The lowest BCUT2D eigenvalue weighted by Gasteiger charge is -2.06. The van der Waals surface area contributed by atoms with Crippen molar-refractivity contribution in [3.63, 3.8) is 0 Å². The molecule has 0 aromatic rings. The van der Waals surface area contributed by atoms with Crippen molar-refractivity contribution >= 4 is 11.7 Å². The SMILES string of the molecule is CCCC(=O)NCCOCCOCC(=O)CC.[HH]. The van der Waals surface area contributed by atoms with Crippen molar-refractivity contribution in [3.05, 3.63) is 0 Å². The van der Waals surface area contributed by atoms with Gasteiger partial charge in [-0.3, -0.25) is 9.59 Å². The number of hydrogen-bond donors (Lipinski definition) is 1. The third-order valence-electron chi connectivity index (χ3n) is 2.08. The summed E-state index contributed by atoms with van der Waals surface area (Å²) in [5.74, 6) is 0.151. The summed E-state index contributed by atoms with van der Waals surface area (Å²) in [5, 5.41) is 2.74. The van der Waals surface area contributed by atoms with E-state index in [2.05, 4.69) is 5.32 Å². The average Bonchev–Trinajstić information content (AvgIpc) is 2.32. The van der Waals surface area contributed by atoms with Gasteiger partial charge in [0.1, 0.15) is 6.61 Å². The van der Waals surface area contributed by atoms with E-state index < -0.39 is 0 Å². The molecule has 0 bridgehead atoms. The van der Waals surface area contributed by atoms with Crippen molar-refractivity contribution in [2.75, 3.05) is 33.0 Å². The van der Waals surface area contributed by atoms with E-state index in [-0.39, 0.29) is 19.7 Å². The van der Waals surface area contributed by atoms with Gasteiger partial charge in [-0.25, -0.2) is 0 Å². The second-order valence-corrected chi connectivity index (χ2v) is 3.66. The van der Waals surface area contributed by atoms with Crippen LogP contribution in [0.5, 0.6) is 0 Å². The Morgan fingerprint density at radius 3 is 2.47 bits per heavy atom. The van der Waals surface area contributed by atoms with Crippen LogP contribution in [-0.4, -0.2) is 44.7 Å². The first-order valence-electron chi connectivity index (χ1n) is 6.14. The minimum Gasteiger partial charge on any atom is -0.377 e. The summed E-state index contributed by atoms with van der Waals surface area (Å²) in [5.41, 5.74) is 0. The van der Waals surface area contributed by atoms with Crippen LogP contribution >= 0.6 is 0 Å². The maximum absolute atomic E-state index is 11.1. The topological polar surface area (TPSA) is 64.6 Å². The molecule has 0 fully saturated rings. The van der Waals surface area contributed by atoms with Crippen LogP contribution in [0.2, 0.25) is 0 Å². The second kappa shape index (κ2) is 11.5. The number of ether oxygens (including phenoxy) is 2. The number of nitrogens with one attached hydrogen (secondary N) is 1. The van der Waals surface area contributed by atoms with Crippen LogP contribution in [0.1, 0.15) is 34.5 Å². The number of carbonyl (C=O) groups excluding carboxylic acids is 2. The number of amides is 1. The normalized spacial score (nSPS) is 10.2. The predicted octanol–water partition coefficient (Wildman–Crippen LogP) is 1.16. The minimum absolute atomic E-state index is 0. The Hall–Kier alpha value is -0.940. The van der Waals surface area contributed by atoms with Gasteiger partial charge in [0.05, 0.1) is 19.8 Å². The van der Waals surface area contributed by atoms with Crippen molar-refractivity contribution in [3.8, 4) is 0 Å². The molecule has 1 N–H and O–H groups in total. The van der Waals surface area contributed by atoms with Gasteiger partial charge in [-0.1, -0.05) is 13.8 Å². The molecule has 0 aliphatic rings. The molecular formula is C12H25NO4. The van der Waals surface area contributed by atoms with Crippen LogP contribution in [-0.2, 0) is 19.1 Å². The van der Waals surface area contributed by atoms with Crippen LogP contribution in [0.3, 0.4) is 0 Å². The largest absolute Gasteiger partial charge is 0.377 e. The second-order valence-electron chi connectivity index (χ2n) is 3.66. The zero-order valence-electron chi connectivity index (χ0n) is 10.8. The fourth-order valence-corrected chi connectivity index (χ4v) is 1.09. The number of rotatable bonds is 11. The molecular weight excluding hydrogens is 222 g/mol. The van der Waals surface area contributed by atoms with Gasteiger partial charge in [-0.15, -0.1) is 0 Å². The predicted molar refractivity (Wildman–Crippen MR) is 67.0 cm³/mol. The molecule has 0 saturated carbocycles. The van der Waals surface area contributed by atoms with Crippen LogP contribution < -0.4 is 5.32 Å². The maximum atomic E-state index is 11.1. The van der Waals surface area contributed by atoms with E-state index in [9.17, 15) is 9.59 Å². The summed E-state index contributed by atoms with van der Waals surface area (Å²) in [6, 6.07) is 0. The number of ketones is 1. The zero-order chi connectivity index (χ0) is 12.9. The van der Waals surface area contributed by atoms with E-state index in [1.807, 2.05) is 6.92 Å². The number of hydrogen-bond acceptors (Lipinski definition) is 4. The molecule has 102 valence electrons. The summed E-state index contributed by atoms with van der Waals surface area (Å²) in [6.07, 6.45) is 1.92. The number of Topliss-reactive ketones (excluding diaryl/α,β-unsaturated/α-hetero) is 1. The molecule has 0 aliphatic carbocycles. The maximum Gasteiger partial charge on any atom is 0.220 e. The van der Waals surface area contributed by atoms with Crippen LogP contribution in [0, 0.1) is 0 Å². The molecule has 0 atom stereocenters. The highest BCUT2D eigenvalue weighted by molar-refractivity contribution is 5.79. The highest BCUT2D eigenvalue weighted by atomic mass is 16.5. The van der Waals surface area contributed by atoms with Crippen molar-refractivity contribution in [2.24, 2.45) is 0 Å². The number of carbonyl (C=O) groups is 2. The third kappa shape index (κ3) is 11.3. The van der Waals surface area contributed by atoms with Crippen LogP contribution in [0.25, 0.3) is 0 Å². The Kier molecular flexibility index (Phi) is 10.9. The highest BCUT2D eigenvalue weighted by Gasteiger charge is 1.99. The van der Waals surface area contributed by atoms with Gasteiger partial charge in [-0.05, 0) is 6.42 Å². The molecule has 0 saturated heterocycles. The molecule has 0 spiro atoms. The molecule has 1 amide bonds. The summed E-state index contributed by atoms with van der Waals surface area (Å²) < 4.78 is 10.3. The zero-order valence-corrected chi connectivity index (χ0v) is 10.8. The monoisotopic (exact) mass is 247 g/mol. The molecule has 0 aliphatic heterocycles. The molecule has 0 unspecified atom stereocenters. The Morgan fingerprint density at radius 2 is 1.82 bits per heavy atom. The van der Waals surface area contributed by atoms with E-state index in [0.717, 1.165) is 6.42 Å². The van der Waals surface area contributed by atoms with E-state index in [1.54, 1.807) is 6.92 Å². The molecule has 0 rings (SSSR count). The van der Waals surface area contributed by atoms with Gasteiger partial charge in [0.2, 0.25) is 5.91 Å². The average molecular weight is 247 g/mol. The smallest absolute Gasteiger partial charge is 0.220 e. The first kappa shape index (κ1) is 16.1. The van der Waals surface area contributed by atoms with Gasteiger partial charge >= 0.3 is 0 Å². The molecule has 5 nitrogen and oxygen atoms in total. The molecule has 0 aromatic carbocycles. The van der Waals surface area contributed by atoms with E-state index >= 15 is 0 Å². The van der Waals surface area contributed by atoms with Crippen LogP contribution in [0.15, 0.2) is 0 Å². The van der Waals surface area contributed by atoms with Gasteiger partial charge in [0, 0.05) is 20.8 Å². The lowest BCUT2D eigenvalue weighted by Crippen LogP contribution is -2.27. The van der Waals surface area contributed by atoms with E-state index in [4.69, 9.17) is 9.47 Å². The Balaban J connectivity index is 0. The summed E-state index contributed by atoms with van der Waals surface area (Å²) >= 11 is 0. The summed E-state index contributed by atoms with van der Waals surface area (Å²) in [6.45, 7) is 5.78. The minimum atomic E-state index is 0. The van der Waals surface area contributed by atoms with E-state index in [1.165, 1.54) is 0 Å². The van der Waals surface area contributed by atoms with Crippen molar-refractivity contribution in [2.45, 2.75) is 33.1 Å². The summed E-state index contributed by atoms with van der Waals surface area (Å²) in [7, 11) is 0. The van der Waals surface area contributed by atoms with Gasteiger partial charge < -0.3 is 14.8 Å².